The van der Waals surface area contributed by atoms with Crippen LogP contribution >= 0.6 is 11.3 Å². The molecule has 108 valence electrons. The first-order valence-corrected chi connectivity index (χ1v) is 8.50. The van der Waals surface area contributed by atoms with Gasteiger partial charge in [0.15, 0.2) is 0 Å². The Morgan fingerprint density at radius 1 is 1.37 bits per heavy atom. The summed E-state index contributed by atoms with van der Waals surface area (Å²) in [4.78, 5) is 4.16. The lowest BCUT2D eigenvalue weighted by Gasteiger charge is -2.42. The zero-order valence-corrected chi connectivity index (χ0v) is 13.4. The molecule has 1 saturated heterocycles. The van der Waals surface area contributed by atoms with E-state index in [0.717, 1.165) is 6.54 Å². The molecular weight excluding hydrogens is 252 g/mol. The summed E-state index contributed by atoms with van der Waals surface area (Å²) >= 11 is 1.88. The molecule has 1 fully saturated rings. The first kappa shape index (κ1) is 15.0. The Morgan fingerprint density at radius 2 is 2.11 bits per heavy atom. The topological polar surface area (TPSA) is 15.3 Å². The highest BCUT2D eigenvalue weighted by Gasteiger charge is 2.32. The van der Waals surface area contributed by atoms with Crippen LogP contribution in [0.25, 0.3) is 0 Å². The number of hydrogen-bond acceptors (Lipinski definition) is 3. The molecular formula is C16H28N2S. The normalized spacial score (nSPS) is 19.2. The van der Waals surface area contributed by atoms with Crippen LogP contribution < -0.4 is 5.32 Å². The van der Waals surface area contributed by atoms with E-state index in [2.05, 4.69) is 48.5 Å². The van der Waals surface area contributed by atoms with Crippen molar-refractivity contribution in [3.8, 4) is 0 Å². The van der Waals surface area contributed by atoms with E-state index in [0.29, 0.717) is 11.5 Å². The first-order valence-electron chi connectivity index (χ1n) is 7.62. The maximum Gasteiger partial charge on any atom is 0.0330 e. The molecule has 3 heteroatoms. The van der Waals surface area contributed by atoms with Gasteiger partial charge < -0.3 is 5.32 Å². The van der Waals surface area contributed by atoms with E-state index in [-0.39, 0.29) is 0 Å². The molecule has 1 aliphatic heterocycles. The van der Waals surface area contributed by atoms with Crippen LogP contribution in [0, 0.1) is 5.41 Å². The Labute approximate surface area is 122 Å². The van der Waals surface area contributed by atoms with E-state index >= 15 is 0 Å². The molecule has 19 heavy (non-hydrogen) atoms. The second-order valence-electron chi connectivity index (χ2n) is 6.18. The molecule has 2 heterocycles. The van der Waals surface area contributed by atoms with E-state index in [9.17, 15) is 0 Å². The fourth-order valence-electron chi connectivity index (χ4n) is 3.04. The average Bonchev–Trinajstić information content (AvgIpc) is 2.92. The van der Waals surface area contributed by atoms with Crippen LogP contribution in [0.1, 0.15) is 44.9 Å². The summed E-state index contributed by atoms with van der Waals surface area (Å²) in [6, 6.07) is 5.06. The zero-order valence-electron chi connectivity index (χ0n) is 12.6. The smallest absolute Gasteiger partial charge is 0.0330 e. The monoisotopic (exact) mass is 280 g/mol. The van der Waals surface area contributed by atoms with Gasteiger partial charge in [0.05, 0.1) is 0 Å². The number of nitrogens with one attached hydrogen (secondary N) is 1. The number of thiophene rings is 1. The minimum Gasteiger partial charge on any atom is -0.317 e. The number of hydrogen-bond donors (Lipinski definition) is 1. The molecule has 1 aromatic heterocycles. The minimum absolute atomic E-state index is 0.535. The van der Waals surface area contributed by atoms with E-state index in [1.54, 1.807) is 0 Å². The van der Waals surface area contributed by atoms with E-state index in [4.69, 9.17) is 0 Å². The number of rotatable bonds is 6. The van der Waals surface area contributed by atoms with Crippen LogP contribution in [0.3, 0.4) is 0 Å². The van der Waals surface area contributed by atoms with Gasteiger partial charge in [0.1, 0.15) is 0 Å². The van der Waals surface area contributed by atoms with Crippen LogP contribution in [0.15, 0.2) is 17.5 Å². The predicted molar refractivity (Wildman–Crippen MR) is 84.7 cm³/mol. The zero-order chi connectivity index (χ0) is 13.7. The Hall–Kier alpha value is -0.380. The van der Waals surface area contributed by atoms with Gasteiger partial charge in [0, 0.05) is 24.0 Å². The summed E-state index contributed by atoms with van der Waals surface area (Å²) in [5, 5.41) is 5.69. The van der Waals surface area contributed by atoms with Crippen LogP contribution in [0.5, 0.6) is 0 Å². The summed E-state index contributed by atoms with van der Waals surface area (Å²) in [6.45, 7) is 11.8. The van der Waals surface area contributed by atoms with Crippen molar-refractivity contribution in [1.29, 1.82) is 0 Å². The largest absolute Gasteiger partial charge is 0.317 e. The van der Waals surface area contributed by atoms with Crippen molar-refractivity contribution in [3.63, 3.8) is 0 Å². The van der Waals surface area contributed by atoms with Gasteiger partial charge in [-0.2, -0.15) is 0 Å². The quantitative estimate of drug-likeness (QED) is 0.854. The molecule has 0 saturated carbocycles. The van der Waals surface area contributed by atoms with Crippen molar-refractivity contribution in [2.45, 2.75) is 52.6 Å². The van der Waals surface area contributed by atoms with Gasteiger partial charge in [-0.25, -0.2) is 0 Å². The molecule has 0 bridgehead atoms. The van der Waals surface area contributed by atoms with Crippen molar-refractivity contribution in [2.24, 2.45) is 5.41 Å². The van der Waals surface area contributed by atoms with Crippen molar-refractivity contribution in [2.75, 3.05) is 19.6 Å². The first-order chi connectivity index (χ1) is 9.15. The molecule has 2 nitrogen and oxygen atoms in total. The van der Waals surface area contributed by atoms with Gasteiger partial charge in [-0.1, -0.05) is 13.0 Å². The number of nitrogens with zero attached hydrogens (tertiary/aromatic N) is 1. The maximum atomic E-state index is 3.51. The Balaban J connectivity index is 2.02. The highest BCUT2D eigenvalue weighted by atomic mass is 32.1. The molecule has 0 radical (unpaired) electrons. The third-order valence-electron chi connectivity index (χ3n) is 4.62. The number of piperidine rings is 1. The van der Waals surface area contributed by atoms with Gasteiger partial charge in [-0.15, -0.1) is 11.3 Å². The maximum absolute atomic E-state index is 3.51. The second kappa shape index (κ2) is 6.87. The van der Waals surface area contributed by atoms with Crippen LogP contribution in [-0.4, -0.2) is 30.6 Å². The lowest BCUT2D eigenvalue weighted by Crippen LogP contribution is -2.46. The molecule has 0 spiro atoms. The van der Waals surface area contributed by atoms with Crippen molar-refractivity contribution < 1.29 is 0 Å². The molecule has 0 unspecified atom stereocenters. The fraction of sp³-hybridized carbons (Fsp3) is 0.750. The van der Waals surface area contributed by atoms with Gasteiger partial charge >= 0.3 is 0 Å². The molecule has 0 aromatic carbocycles. The summed E-state index contributed by atoms with van der Waals surface area (Å²) in [7, 11) is 0. The summed E-state index contributed by atoms with van der Waals surface area (Å²) < 4.78 is 0. The van der Waals surface area contributed by atoms with Crippen LogP contribution in [0.2, 0.25) is 0 Å². The van der Waals surface area contributed by atoms with Gasteiger partial charge in [-0.05, 0) is 63.1 Å². The van der Waals surface area contributed by atoms with Gasteiger partial charge in [0.2, 0.25) is 0 Å². The Kier molecular flexibility index (Phi) is 5.43. The highest BCUT2D eigenvalue weighted by Crippen LogP contribution is 2.34. The van der Waals surface area contributed by atoms with E-state index < -0.39 is 0 Å². The molecule has 1 N–H and O–H groups in total. The summed E-state index contributed by atoms with van der Waals surface area (Å²) in [6.07, 6.45) is 3.97. The lowest BCUT2D eigenvalue weighted by molar-refractivity contribution is 0.0822. The molecule has 1 aliphatic rings. The summed E-state index contributed by atoms with van der Waals surface area (Å²) in [5.41, 5.74) is 0.535. The molecule has 2 rings (SSSR count). The Morgan fingerprint density at radius 3 is 2.63 bits per heavy atom. The van der Waals surface area contributed by atoms with E-state index in [1.807, 2.05) is 11.3 Å². The lowest BCUT2D eigenvalue weighted by atomic mass is 9.76. The van der Waals surface area contributed by atoms with Crippen LogP contribution in [-0.2, 0) is 6.54 Å². The third kappa shape index (κ3) is 4.04. The van der Waals surface area contributed by atoms with E-state index in [1.165, 1.54) is 43.8 Å². The van der Waals surface area contributed by atoms with Crippen LogP contribution in [0.4, 0.5) is 0 Å². The minimum atomic E-state index is 0.535. The fourth-order valence-corrected chi connectivity index (χ4v) is 3.76. The van der Waals surface area contributed by atoms with Gasteiger partial charge in [0.25, 0.3) is 0 Å². The summed E-state index contributed by atoms with van der Waals surface area (Å²) in [5.74, 6) is 0. The standard InChI is InChI=1S/C16H28N2S/c1-4-16(7-9-17-10-8-16)13-18(14(2)3)12-15-6-5-11-19-15/h5-6,11,14,17H,4,7-10,12-13H2,1-3H3. The average molecular weight is 280 g/mol. The molecule has 0 atom stereocenters. The van der Waals surface area contributed by atoms with Crippen molar-refractivity contribution in [3.05, 3.63) is 22.4 Å². The van der Waals surface area contributed by atoms with Crippen molar-refractivity contribution in [1.82, 2.24) is 10.2 Å². The third-order valence-corrected chi connectivity index (χ3v) is 5.48. The SMILES string of the molecule is CCC1(CN(Cc2cccs2)C(C)C)CCNCC1. The molecule has 1 aromatic rings. The predicted octanol–water partition coefficient (Wildman–Crippen LogP) is 3.74. The second-order valence-corrected chi connectivity index (χ2v) is 7.21. The Bertz CT molecular complexity index is 353. The molecule has 0 aliphatic carbocycles. The van der Waals surface area contributed by atoms with Gasteiger partial charge in [-0.3, -0.25) is 4.90 Å². The highest BCUT2D eigenvalue weighted by molar-refractivity contribution is 7.09. The molecule has 0 amide bonds. The van der Waals surface area contributed by atoms with Crippen molar-refractivity contribution >= 4 is 11.3 Å².